The number of carbonyl (C=O) groups excluding carboxylic acids is 9. The smallest absolute Gasteiger partial charge is 0.320 e. The molecule has 0 saturated carbocycles. The van der Waals surface area contributed by atoms with E-state index in [4.69, 9.17) is 58.5 Å². The summed E-state index contributed by atoms with van der Waals surface area (Å²) in [6.45, 7) is 1.71. The number of nitrogens with one attached hydrogen (secondary N) is 11. The Morgan fingerprint density at radius 2 is 0.610 bits per heavy atom. The minimum atomic E-state index is -0.792. The van der Waals surface area contributed by atoms with E-state index in [1.807, 2.05) is 12.1 Å². The number of aromatic nitrogens is 1. The lowest BCUT2D eigenvalue weighted by atomic mass is 9.85. The Morgan fingerprint density at radius 1 is 0.340 bits per heavy atom. The molecule has 748 valence electrons. The van der Waals surface area contributed by atoms with E-state index in [-0.39, 0.29) is 108 Å². The summed E-state index contributed by atoms with van der Waals surface area (Å²) in [6.07, 6.45) is 1.96. The van der Waals surface area contributed by atoms with E-state index in [1.54, 1.807) is 159 Å². The number of urea groups is 5. The van der Waals surface area contributed by atoms with Gasteiger partial charge in [-0.05, 0) is 145 Å². The number of carbonyl (C=O) groups is 9. The Kier molecular flexibility index (Phi) is 38.8. The van der Waals surface area contributed by atoms with Gasteiger partial charge in [0.2, 0.25) is 23.6 Å². The summed E-state index contributed by atoms with van der Waals surface area (Å²) in [7, 11) is 13.4. The molecule has 30 nitrogen and oxygen atoms in total. The normalized spacial score (nSPS) is 19.2. The second-order valence-corrected chi connectivity index (χ2v) is 36.3. The lowest BCUT2D eigenvalue weighted by molar-refractivity contribution is -0.133. The second-order valence-electron chi connectivity index (χ2n) is 33.1. The van der Waals surface area contributed by atoms with Crippen LogP contribution in [0.25, 0.3) is 0 Å². The minimum Gasteiger partial charge on any atom is -0.497 e. The standard InChI is InChI=1S/C20H20BrF2N3O3.C20H21BrFN3O3.C20H20ClF2N3O3.C20H21ClFN3O3.C18H19ClF2N4O2/c1-26-10-14(19-15(22)7-13(29-2)8-16(19)23)17(9-18(26)27)25-20(28)24-12-5-3-11(21)4-6-12;1-25-11-16(15-8-7-14(28-2)9-17(15)22)18(10-19(25)26)24-20(27)23-13-5-3-12(21)4-6-13;1-26-10-14(19-15(22)7-13(29-2)8-16(19)23)17(9-18(26)27)25-20(28)24-12-5-3-11(21)4-6-12;1-25-11-16(15-8-7-14(28-2)9-17(15)22)18(10-19(25)26)24-20(27)23-13-5-3-12(21)4-6-13;1-27-11-6-13(20)17(14(21)7-11)12-9-22-5-4-15(12)24-18(26)25-16-3-2-10(19)8-23-16/h3-8,14,17H,9-10H2,1-2H3,(H2,24,25,28);3-9,16,18H,10-11H2,1-2H3,(H2,23,24,27);3-8,14,17H,9-10H2,1-2H3,(H2,24,25,28);3-9,16,18H,10-11H2,1-2H3,(H2,23,24,27);2-3,6-8,12,15,22H,4-5,9H2,1H3,(H2,23,24,25,26). The zero-order chi connectivity index (χ0) is 102. The molecule has 0 aliphatic carbocycles. The molecule has 6 heterocycles. The molecule has 5 saturated heterocycles. The summed E-state index contributed by atoms with van der Waals surface area (Å²) in [6, 6.07) is 40.5. The molecule has 43 heteroatoms. The van der Waals surface area contributed by atoms with Gasteiger partial charge in [-0.25, -0.2) is 64.1 Å². The molecule has 9 aromatic carbocycles. The van der Waals surface area contributed by atoms with E-state index in [0.717, 1.165) is 45.3 Å². The van der Waals surface area contributed by atoms with E-state index in [9.17, 15) is 78.3 Å². The number of nitrogens with zero attached hydrogens (tertiary/aromatic N) is 5. The first-order chi connectivity index (χ1) is 67.3. The average Bonchev–Trinajstić information content (AvgIpc) is 0.803. The van der Waals surface area contributed by atoms with Gasteiger partial charge in [-0.1, -0.05) is 78.8 Å². The molecule has 14 amide bonds. The quantitative estimate of drug-likeness (QED) is 0.0316. The maximum atomic E-state index is 14.6. The van der Waals surface area contributed by atoms with Crippen molar-refractivity contribution in [2.45, 2.75) is 91.9 Å². The van der Waals surface area contributed by atoms with Crippen molar-refractivity contribution in [3.05, 3.63) is 287 Å². The molecule has 5 aliphatic rings. The van der Waals surface area contributed by atoms with Gasteiger partial charge in [0.15, 0.2) is 0 Å². The van der Waals surface area contributed by atoms with Gasteiger partial charge in [0, 0.05) is 260 Å². The highest BCUT2D eigenvalue weighted by Crippen LogP contribution is 2.40. The number of benzene rings is 9. The molecular formula is C98H101Br2Cl3F8N16O14. The van der Waals surface area contributed by atoms with Crippen LogP contribution in [-0.2, 0) is 19.2 Å². The molecule has 5 aliphatic heterocycles. The number of rotatable bonds is 20. The van der Waals surface area contributed by atoms with Crippen molar-refractivity contribution in [2.24, 2.45) is 0 Å². The van der Waals surface area contributed by atoms with Gasteiger partial charge in [-0.15, -0.1) is 0 Å². The molecule has 11 N–H and O–H groups in total. The minimum absolute atomic E-state index is 0.0500. The number of likely N-dealkylation sites (tertiary alicyclic amines) is 4. The zero-order valence-electron chi connectivity index (χ0n) is 77.3. The number of likely N-dealkylation sites (N-methyl/N-ethyl adjacent to an activating group) is 4. The fourth-order valence-corrected chi connectivity index (χ4v) is 17.3. The molecule has 5 fully saturated rings. The fraction of sp³-hybridized carbons (Fsp3) is 0.306. The maximum Gasteiger partial charge on any atom is 0.320 e. The largest absolute Gasteiger partial charge is 0.497 e. The van der Waals surface area contributed by atoms with Crippen LogP contribution in [0.15, 0.2) is 197 Å². The number of piperidine rings is 5. The van der Waals surface area contributed by atoms with Crippen LogP contribution in [0.1, 0.15) is 89.5 Å². The number of pyridine rings is 1. The van der Waals surface area contributed by atoms with Crippen LogP contribution in [0.5, 0.6) is 28.7 Å². The molecule has 10 atom stereocenters. The highest BCUT2D eigenvalue weighted by Gasteiger charge is 2.43. The monoisotopic (exact) mass is 2140 g/mol. The first-order valence-corrected chi connectivity index (χ1v) is 46.4. The summed E-state index contributed by atoms with van der Waals surface area (Å²) < 4.78 is 143. The summed E-state index contributed by atoms with van der Waals surface area (Å²) >= 11 is 24.1. The first-order valence-electron chi connectivity index (χ1n) is 43.7. The van der Waals surface area contributed by atoms with Crippen molar-refractivity contribution >= 4 is 149 Å². The second kappa shape index (κ2) is 50.6. The van der Waals surface area contributed by atoms with Gasteiger partial charge in [-0.3, -0.25) is 24.5 Å². The number of amides is 14. The maximum absolute atomic E-state index is 14.6. The van der Waals surface area contributed by atoms with Gasteiger partial charge < -0.3 is 96.5 Å². The predicted molar refractivity (Wildman–Crippen MR) is 525 cm³/mol. The lowest BCUT2D eigenvalue weighted by Crippen LogP contribution is -2.52. The van der Waals surface area contributed by atoms with E-state index < -0.39 is 125 Å². The third-order valence-electron chi connectivity index (χ3n) is 23.7. The molecule has 0 bridgehead atoms. The first kappa shape index (κ1) is 108. The molecule has 1 aromatic heterocycles. The van der Waals surface area contributed by atoms with Crippen LogP contribution in [0, 0.1) is 46.5 Å². The Balaban J connectivity index is 0.000000168. The van der Waals surface area contributed by atoms with Gasteiger partial charge in [0.25, 0.3) is 0 Å². The fourth-order valence-electron chi connectivity index (χ4n) is 16.4. The zero-order valence-corrected chi connectivity index (χ0v) is 82.8. The number of hydrogen-bond donors (Lipinski definition) is 11. The Hall–Kier alpha value is -13.4. The van der Waals surface area contributed by atoms with E-state index in [1.165, 1.54) is 63.7 Å². The summed E-state index contributed by atoms with van der Waals surface area (Å²) in [4.78, 5) is 121. The molecule has 0 radical (unpaired) electrons. The van der Waals surface area contributed by atoms with Gasteiger partial charge in [0.05, 0.1) is 40.6 Å². The summed E-state index contributed by atoms with van der Waals surface area (Å²) in [5, 5.41) is 31.7. The molecule has 10 unspecified atom stereocenters. The third kappa shape index (κ3) is 30.1. The molecular weight excluding hydrogens is 2040 g/mol. The van der Waals surface area contributed by atoms with E-state index >= 15 is 0 Å². The molecule has 10 aromatic rings. The number of ether oxygens (including phenoxy) is 5. The van der Waals surface area contributed by atoms with Crippen molar-refractivity contribution in [1.82, 2.24) is 56.5 Å². The topological polar surface area (TPSA) is 358 Å². The van der Waals surface area contributed by atoms with Crippen molar-refractivity contribution in [3.63, 3.8) is 0 Å². The van der Waals surface area contributed by atoms with Crippen molar-refractivity contribution < 1.29 is 102 Å². The van der Waals surface area contributed by atoms with Crippen LogP contribution in [-0.4, -0.2) is 212 Å². The van der Waals surface area contributed by atoms with Crippen LogP contribution in [0.2, 0.25) is 15.1 Å². The van der Waals surface area contributed by atoms with E-state index in [0.29, 0.717) is 98.9 Å². The Labute approximate surface area is 838 Å². The number of methoxy groups -OCH3 is 5. The Morgan fingerprint density at radius 3 is 0.908 bits per heavy atom. The SMILES string of the molecule is COc1cc(F)c(C2CN(C)C(=O)CC2NC(=O)Nc2ccc(Br)cc2)c(F)c1.COc1cc(F)c(C2CN(C)C(=O)CC2NC(=O)Nc2ccc(Cl)cc2)c(F)c1.COc1cc(F)c(C2CNCCC2NC(=O)Nc2ccc(Cl)cn2)c(F)c1.COc1ccc(C2CN(C)C(=O)CC2NC(=O)Nc2ccc(Br)cc2)c(F)c1.COc1ccc(C2CN(C)C(=O)CC2NC(=O)Nc2ccc(Cl)cc2)c(F)c1. The average molecular weight is 2150 g/mol. The molecule has 15 rings (SSSR count). The number of anilines is 5. The lowest BCUT2D eigenvalue weighted by Gasteiger charge is -2.37. The number of halogens is 13. The van der Waals surface area contributed by atoms with Crippen molar-refractivity contribution in [2.75, 3.05) is 130 Å². The highest BCUT2D eigenvalue weighted by molar-refractivity contribution is 9.10. The van der Waals surface area contributed by atoms with Crippen molar-refractivity contribution in [3.8, 4) is 28.7 Å². The van der Waals surface area contributed by atoms with Crippen LogP contribution >= 0.6 is 66.7 Å². The third-order valence-corrected chi connectivity index (χ3v) is 25.5. The van der Waals surface area contributed by atoms with Gasteiger partial charge in [-0.2, -0.15) is 0 Å². The van der Waals surface area contributed by atoms with Crippen LogP contribution < -0.4 is 82.2 Å². The van der Waals surface area contributed by atoms with Crippen LogP contribution in [0.4, 0.5) is 87.7 Å². The molecule has 141 heavy (non-hydrogen) atoms. The van der Waals surface area contributed by atoms with Crippen LogP contribution in [0.3, 0.4) is 0 Å². The predicted octanol–water partition coefficient (Wildman–Crippen LogP) is 18.3. The van der Waals surface area contributed by atoms with Crippen molar-refractivity contribution in [1.29, 1.82) is 0 Å². The number of hydrogen-bond acceptors (Lipinski definition) is 16. The van der Waals surface area contributed by atoms with E-state index in [2.05, 4.69) is 95.3 Å². The van der Waals surface area contributed by atoms with Gasteiger partial charge in [0.1, 0.15) is 81.1 Å². The highest BCUT2D eigenvalue weighted by atomic mass is 79.9. The van der Waals surface area contributed by atoms with Gasteiger partial charge >= 0.3 is 30.2 Å². The summed E-state index contributed by atoms with van der Waals surface area (Å²) in [5.74, 6) is -7.54. The molecule has 0 spiro atoms. The Bertz CT molecular complexity index is 5750. The summed E-state index contributed by atoms with van der Waals surface area (Å²) in [5.41, 5.74) is 2.64.